The lowest BCUT2D eigenvalue weighted by Gasteiger charge is -2.29. The van der Waals surface area contributed by atoms with Crippen molar-refractivity contribution in [2.45, 2.75) is 160 Å². The van der Waals surface area contributed by atoms with Gasteiger partial charge in [0.1, 0.15) is 48.3 Å². The van der Waals surface area contributed by atoms with Gasteiger partial charge in [0, 0.05) is 12.8 Å². The predicted molar refractivity (Wildman–Crippen MR) is 260 cm³/mol. The first-order valence-electron chi connectivity index (χ1n) is 23.7. The van der Waals surface area contributed by atoms with Crippen LogP contribution in [-0.2, 0) is 64.0 Å². The molecule has 0 heterocycles. The summed E-state index contributed by atoms with van der Waals surface area (Å²) in [7, 11) is 0. The molecule has 0 aliphatic rings. The number of nitrogens with two attached hydrogens (primary N) is 5. The van der Waals surface area contributed by atoms with E-state index in [9.17, 15) is 62.6 Å². The second kappa shape index (κ2) is 31.9. The molecule has 26 nitrogen and oxygen atoms in total. The lowest BCUT2D eigenvalue weighted by Crippen LogP contribution is -2.61. The topological polar surface area (TPSA) is 451 Å². The Kier molecular flexibility index (Phi) is 27.8. The van der Waals surface area contributed by atoms with Gasteiger partial charge in [-0.3, -0.25) is 52.7 Å². The second-order valence-corrected chi connectivity index (χ2v) is 18.0. The number of rotatable bonds is 34. The van der Waals surface area contributed by atoms with Crippen LogP contribution in [0, 0.1) is 11.8 Å². The smallest absolute Gasteiger partial charge is 0.326 e. The van der Waals surface area contributed by atoms with Gasteiger partial charge in [-0.05, 0) is 69.9 Å². The van der Waals surface area contributed by atoms with Crippen molar-refractivity contribution in [3.63, 3.8) is 0 Å². The first kappa shape index (κ1) is 62.8. The number of carboxylic acids is 1. The lowest BCUT2D eigenvalue weighted by atomic mass is 9.96. The highest BCUT2D eigenvalue weighted by atomic mass is 16.4. The summed E-state index contributed by atoms with van der Waals surface area (Å²) in [4.78, 5) is 155. The molecule has 26 heteroatoms. The Morgan fingerprint density at radius 1 is 0.528 bits per heavy atom. The van der Waals surface area contributed by atoms with Gasteiger partial charge in [-0.1, -0.05) is 64.4 Å². The molecule has 0 saturated carbocycles. The number of carbonyl (C=O) groups is 12. The highest BCUT2D eigenvalue weighted by Gasteiger charge is 2.36. The van der Waals surface area contributed by atoms with E-state index in [1.54, 1.807) is 58.0 Å². The van der Waals surface area contributed by atoms with Crippen LogP contribution in [0.25, 0.3) is 0 Å². The van der Waals surface area contributed by atoms with Crippen LogP contribution in [0.5, 0.6) is 0 Å². The van der Waals surface area contributed by atoms with Gasteiger partial charge in [0.25, 0.3) is 0 Å². The molecule has 11 amide bonds. The van der Waals surface area contributed by atoms with Crippen LogP contribution < -0.4 is 71.2 Å². The molecule has 0 aliphatic carbocycles. The molecule has 0 spiro atoms. The molecule has 0 unspecified atom stereocenters. The van der Waals surface area contributed by atoms with Crippen LogP contribution in [0.3, 0.4) is 0 Å². The van der Waals surface area contributed by atoms with Crippen molar-refractivity contribution in [1.82, 2.24) is 42.5 Å². The zero-order valence-electron chi connectivity index (χ0n) is 41.7. The molecule has 19 N–H and O–H groups in total. The number of hydrogen-bond acceptors (Lipinski definition) is 14. The monoisotopic (exact) mass is 1020 g/mol. The summed E-state index contributed by atoms with van der Waals surface area (Å²) < 4.78 is 0. The summed E-state index contributed by atoms with van der Waals surface area (Å²) in [6, 6.07) is -4.07. The number of hydrogen-bond donors (Lipinski definition) is 14. The van der Waals surface area contributed by atoms with E-state index in [0.29, 0.717) is 24.8 Å². The van der Waals surface area contributed by atoms with Crippen molar-refractivity contribution in [2.75, 3.05) is 6.54 Å². The molecule has 1 rings (SSSR count). The van der Waals surface area contributed by atoms with Crippen LogP contribution in [-0.4, -0.2) is 137 Å². The Bertz CT molecular complexity index is 2060. The fraction of sp³-hybridized carbons (Fsp3) is 0.609. The largest absolute Gasteiger partial charge is 0.480 e. The van der Waals surface area contributed by atoms with Gasteiger partial charge >= 0.3 is 5.97 Å². The van der Waals surface area contributed by atoms with Crippen molar-refractivity contribution in [1.29, 1.82) is 0 Å². The summed E-state index contributed by atoms with van der Waals surface area (Å²) in [5, 5.41) is 29.4. The molecule has 0 aromatic heterocycles. The van der Waals surface area contributed by atoms with E-state index < -0.39 is 144 Å². The summed E-state index contributed by atoms with van der Waals surface area (Å²) in [5.74, 6) is -12.0. The SMILES string of the molecule is CC[C@H](C)[C@H](NC(=O)[C@H](CC(C)C)NC(=O)[C@H](CCCCN)NC(=O)[C@H](CCC(N)=O)NC(=O)[C@@H](N)CC(N)=O)C(=O)N[C@@H](C)C(=O)N[C@@H](CC(N)=O)C(=O)N[C@@H](C)C(=O)N[C@@H](Cc1ccccc1)C(=O)O. The Hall–Kier alpha value is -7.22. The Morgan fingerprint density at radius 2 is 1.00 bits per heavy atom. The average Bonchev–Trinajstić information content (AvgIpc) is 3.29. The number of carbonyl (C=O) groups excluding carboxylic acids is 11. The molecule has 0 fully saturated rings. The molecule has 402 valence electrons. The number of benzene rings is 1. The van der Waals surface area contributed by atoms with Crippen LogP contribution in [0.15, 0.2) is 30.3 Å². The first-order valence-corrected chi connectivity index (χ1v) is 23.7. The second-order valence-electron chi connectivity index (χ2n) is 18.0. The molecular weight excluding hydrogens is 943 g/mol. The minimum Gasteiger partial charge on any atom is -0.480 e. The zero-order valence-corrected chi connectivity index (χ0v) is 41.7. The highest BCUT2D eigenvalue weighted by Crippen LogP contribution is 2.13. The van der Waals surface area contributed by atoms with E-state index in [1.807, 2.05) is 0 Å². The maximum absolute atomic E-state index is 14.1. The highest BCUT2D eigenvalue weighted by molar-refractivity contribution is 5.99. The van der Waals surface area contributed by atoms with Crippen LogP contribution in [0.1, 0.15) is 105 Å². The number of nitrogens with one attached hydrogen (secondary N) is 8. The molecule has 1 aromatic carbocycles. The standard InChI is InChI=1S/C46H75N13O13/c1-7-24(4)37(45(70)53-26(6)38(63)56-32(22-36(51)62)43(68)52-25(5)39(64)58-33(46(71)72)20-27-13-9-8-10-14-27)59-44(69)31(19-23(2)3)57-41(66)29(15-11-12-18-47)55-42(67)30(16-17-34(49)60)54-40(65)28(48)21-35(50)61/h8-10,13-14,23-26,28-33,37H,7,11-12,15-22,47-48H2,1-6H3,(H2,49,60)(H2,50,61)(H2,51,62)(H,52,68)(H,53,70)(H,54,65)(H,55,67)(H,56,63)(H,57,66)(H,58,64)(H,59,69)(H,71,72)/t24-,25-,26-,28-,29-,30-,31-,32-,33-,37-/m0/s1. The number of aliphatic carboxylic acids is 1. The van der Waals surface area contributed by atoms with E-state index in [0.717, 1.165) is 0 Å². The predicted octanol–water partition coefficient (Wildman–Crippen LogP) is -4.20. The molecule has 0 radical (unpaired) electrons. The summed E-state index contributed by atoms with van der Waals surface area (Å²) in [6.45, 7) is 9.68. The molecule has 0 saturated heterocycles. The van der Waals surface area contributed by atoms with Gasteiger partial charge in [-0.15, -0.1) is 0 Å². The molecule has 1 aromatic rings. The Morgan fingerprint density at radius 3 is 1.50 bits per heavy atom. The maximum Gasteiger partial charge on any atom is 0.326 e. The fourth-order valence-corrected chi connectivity index (χ4v) is 6.91. The fourth-order valence-electron chi connectivity index (χ4n) is 6.91. The van der Waals surface area contributed by atoms with Crippen LogP contribution in [0.2, 0.25) is 0 Å². The van der Waals surface area contributed by atoms with Crippen molar-refractivity contribution < 1.29 is 62.6 Å². The zero-order chi connectivity index (χ0) is 54.8. The summed E-state index contributed by atoms with van der Waals surface area (Å²) in [6.07, 6.45) is -0.851. The number of carboxylic acid groups (broad SMARTS) is 1. The molecule has 0 aliphatic heterocycles. The summed E-state index contributed by atoms with van der Waals surface area (Å²) in [5.41, 5.74) is 27.8. The van der Waals surface area contributed by atoms with Gasteiger partial charge < -0.3 is 76.3 Å². The molecule has 72 heavy (non-hydrogen) atoms. The third-order valence-electron chi connectivity index (χ3n) is 11.2. The Labute approximate surface area is 418 Å². The van der Waals surface area contributed by atoms with E-state index in [-0.39, 0.29) is 44.6 Å². The van der Waals surface area contributed by atoms with Crippen molar-refractivity contribution in [3.05, 3.63) is 35.9 Å². The average molecular weight is 1020 g/mol. The molecule has 0 bridgehead atoms. The van der Waals surface area contributed by atoms with E-state index in [4.69, 9.17) is 28.7 Å². The van der Waals surface area contributed by atoms with Crippen molar-refractivity contribution in [2.24, 2.45) is 40.5 Å². The normalized spacial score (nSPS) is 15.2. The van der Waals surface area contributed by atoms with E-state index in [1.165, 1.54) is 13.8 Å². The van der Waals surface area contributed by atoms with Gasteiger partial charge in [-0.2, -0.15) is 0 Å². The summed E-state index contributed by atoms with van der Waals surface area (Å²) >= 11 is 0. The van der Waals surface area contributed by atoms with Crippen molar-refractivity contribution in [3.8, 4) is 0 Å². The van der Waals surface area contributed by atoms with Gasteiger partial charge in [0.15, 0.2) is 0 Å². The first-order chi connectivity index (χ1) is 33.7. The Balaban J connectivity index is 3.25. The van der Waals surface area contributed by atoms with Gasteiger partial charge in [0.2, 0.25) is 65.0 Å². The van der Waals surface area contributed by atoms with Crippen molar-refractivity contribution >= 4 is 70.9 Å². The molecule has 10 atom stereocenters. The number of primary amides is 3. The quantitative estimate of drug-likeness (QED) is 0.0291. The third-order valence-corrected chi connectivity index (χ3v) is 11.2. The van der Waals surface area contributed by atoms with E-state index >= 15 is 0 Å². The number of unbranched alkanes of at least 4 members (excludes halogenated alkanes) is 1. The van der Waals surface area contributed by atoms with Gasteiger partial charge in [-0.25, -0.2) is 4.79 Å². The van der Waals surface area contributed by atoms with Crippen LogP contribution in [0.4, 0.5) is 0 Å². The minimum atomic E-state index is -1.65. The van der Waals surface area contributed by atoms with Crippen LogP contribution >= 0.6 is 0 Å². The third kappa shape index (κ3) is 23.6. The lowest BCUT2D eigenvalue weighted by molar-refractivity contribution is -0.142. The minimum absolute atomic E-state index is 0.0129. The van der Waals surface area contributed by atoms with Gasteiger partial charge in [0.05, 0.1) is 18.9 Å². The number of amides is 11. The molecular formula is C46H75N13O13. The van der Waals surface area contributed by atoms with E-state index in [2.05, 4.69) is 42.5 Å². The maximum atomic E-state index is 14.1.